The van der Waals surface area contributed by atoms with E-state index in [-0.39, 0.29) is 6.03 Å². The minimum Gasteiger partial charge on any atom is -0.387 e. The van der Waals surface area contributed by atoms with Crippen molar-refractivity contribution < 1.29 is 9.90 Å². The molecule has 0 radical (unpaired) electrons. The molecule has 0 bridgehead atoms. The first-order chi connectivity index (χ1) is 9.11. The van der Waals surface area contributed by atoms with Gasteiger partial charge in [0.15, 0.2) is 0 Å². The van der Waals surface area contributed by atoms with Gasteiger partial charge in [-0.2, -0.15) is 11.8 Å². The van der Waals surface area contributed by atoms with Crippen LogP contribution in [-0.4, -0.2) is 40.8 Å². The van der Waals surface area contributed by atoms with Crippen LogP contribution in [0, 0.1) is 5.92 Å². The number of nitrogens with one attached hydrogen (secondary N) is 2. The van der Waals surface area contributed by atoms with Crippen molar-refractivity contribution in [2.75, 3.05) is 18.1 Å². The summed E-state index contributed by atoms with van der Waals surface area (Å²) in [4.78, 5) is 11.9. The second-order valence-corrected chi connectivity index (χ2v) is 7.10. The molecule has 3 atom stereocenters. The van der Waals surface area contributed by atoms with Gasteiger partial charge < -0.3 is 15.7 Å². The molecule has 1 saturated carbocycles. The van der Waals surface area contributed by atoms with Crippen LogP contribution in [0.1, 0.15) is 45.4 Å². The van der Waals surface area contributed by atoms with Gasteiger partial charge in [-0.3, -0.25) is 0 Å². The van der Waals surface area contributed by atoms with Crippen molar-refractivity contribution in [3.05, 3.63) is 0 Å². The number of aliphatic hydroxyl groups is 1. The Bertz CT molecular complexity index is 306. The zero-order valence-electron chi connectivity index (χ0n) is 11.8. The second-order valence-electron chi connectivity index (χ2n) is 5.99. The lowest BCUT2D eigenvalue weighted by atomic mass is 9.84. The molecule has 4 nitrogen and oxygen atoms in total. The minimum absolute atomic E-state index is 0.118. The van der Waals surface area contributed by atoms with Crippen LogP contribution in [-0.2, 0) is 0 Å². The summed E-state index contributed by atoms with van der Waals surface area (Å²) in [5.74, 6) is 2.48. The predicted molar refractivity (Wildman–Crippen MR) is 79.5 cm³/mol. The monoisotopic (exact) mass is 286 g/mol. The number of carbonyl (C=O) groups is 1. The summed E-state index contributed by atoms with van der Waals surface area (Å²) in [6.45, 7) is 2.59. The molecule has 2 amide bonds. The molecule has 0 aromatic rings. The summed E-state index contributed by atoms with van der Waals surface area (Å²) < 4.78 is 0. The van der Waals surface area contributed by atoms with Gasteiger partial charge in [-0.25, -0.2) is 4.79 Å². The zero-order valence-corrected chi connectivity index (χ0v) is 12.6. The molecule has 0 spiro atoms. The topological polar surface area (TPSA) is 61.4 Å². The largest absolute Gasteiger partial charge is 0.387 e. The Morgan fingerprint density at radius 1 is 1.47 bits per heavy atom. The van der Waals surface area contributed by atoms with Crippen molar-refractivity contribution in [3.8, 4) is 0 Å². The van der Waals surface area contributed by atoms with Crippen molar-refractivity contribution in [2.45, 2.75) is 57.1 Å². The van der Waals surface area contributed by atoms with Gasteiger partial charge >= 0.3 is 6.03 Å². The smallest absolute Gasteiger partial charge is 0.315 e. The van der Waals surface area contributed by atoms with E-state index < -0.39 is 5.60 Å². The van der Waals surface area contributed by atoms with E-state index in [1.54, 1.807) is 11.8 Å². The number of rotatable bonds is 4. The Morgan fingerprint density at radius 3 is 3.00 bits per heavy atom. The normalized spacial score (nSPS) is 35.1. The fourth-order valence-electron chi connectivity index (χ4n) is 3.01. The lowest BCUT2D eigenvalue weighted by molar-refractivity contribution is 0.0697. The lowest BCUT2D eigenvalue weighted by Crippen LogP contribution is -2.49. The van der Waals surface area contributed by atoms with Crippen molar-refractivity contribution in [1.29, 1.82) is 0 Å². The summed E-state index contributed by atoms with van der Waals surface area (Å²) in [5.41, 5.74) is -0.694. The lowest BCUT2D eigenvalue weighted by Gasteiger charge is -2.29. The molecule has 1 aliphatic carbocycles. The van der Waals surface area contributed by atoms with E-state index in [9.17, 15) is 9.90 Å². The Kier molecular flexibility index (Phi) is 5.39. The summed E-state index contributed by atoms with van der Waals surface area (Å²) in [6, 6.07) is 0.193. The molecule has 3 N–H and O–H groups in total. The molecule has 0 aromatic carbocycles. The van der Waals surface area contributed by atoms with E-state index in [1.807, 2.05) is 0 Å². The van der Waals surface area contributed by atoms with Crippen LogP contribution in [0.3, 0.4) is 0 Å². The molecule has 1 saturated heterocycles. The van der Waals surface area contributed by atoms with Crippen molar-refractivity contribution in [3.63, 3.8) is 0 Å². The van der Waals surface area contributed by atoms with Gasteiger partial charge in [0.2, 0.25) is 0 Å². The summed E-state index contributed by atoms with van der Waals surface area (Å²) in [5, 5.41) is 16.1. The number of thioether (sulfide) groups is 1. The third-order valence-electron chi connectivity index (χ3n) is 4.36. The van der Waals surface area contributed by atoms with Gasteiger partial charge in [0.1, 0.15) is 0 Å². The Balaban J connectivity index is 1.69. The molecule has 19 heavy (non-hydrogen) atoms. The fraction of sp³-hybridized carbons (Fsp3) is 0.929. The first-order valence-electron chi connectivity index (χ1n) is 7.46. The highest BCUT2D eigenvalue weighted by molar-refractivity contribution is 7.99. The van der Waals surface area contributed by atoms with Crippen molar-refractivity contribution >= 4 is 17.8 Å². The Hall–Kier alpha value is -0.420. The maximum Gasteiger partial charge on any atom is 0.315 e. The number of hydrogen-bond acceptors (Lipinski definition) is 3. The first-order valence-corrected chi connectivity index (χ1v) is 8.61. The van der Waals surface area contributed by atoms with Crippen LogP contribution >= 0.6 is 11.8 Å². The van der Waals surface area contributed by atoms with E-state index in [2.05, 4.69) is 17.6 Å². The van der Waals surface area contributed by atoms with Gasteiger partial charge in [0.25, 0.3) is 0 Å². The van der Waals surface area contributed by atoms with E-state index in [0.29, 0.717) is 12.6 Å². The highest BCUT2D eigenvalue weighted by atomic mass is 32.2. The fourth-order valence-corrected chi connectivity index (χ4v) is 4.31. The van der Waals surface area contributed by atoms with Crippen LogP contribution in [0.25, 0.3) is 0 Å². The van der Waals surface area contributed by atoms with Gasteiger partial charge in [-0.15, -0.1) is 0 Å². The highest BCUT2D eigenvalue weighted by Gasteiger charge is 2.32. The third-order valence-corrected chi connectivity index (χ3v) is 5.59. The molecule has 0 unspecified atom stereocenters. The molecular formula is C14H26N2O2S. The van der Waals surface area contributed by atoms with Gasteiger partial charge in [-0.1, -0.05) is 26.2 Å². The van der Waals surface area contributed by atoms with Crippen molar-refractivity contribution in [1.82, 2.24) is 10.6 Å². The average molecular weight is 286 g/mol. The number of amides is 2. The maximum atomic E-state index is 11.9. The number of urea groups is 1. The van der Waals surface area contributed by atoms with Crippen molar-refractivity contribution in [2.24, 2.45) is 5.92 Å². The molecule has 0 aromatic heterocycles. The number of carbonyl (C=O) groups excluding carboxylic acids is 1. The number of hydrogen-bond donors (Lipinski definition) is 3. The quantitative estimate of drug-likeness (QED) is 0.742. The molecular weight excluding hydrogens is 260 g/mol. The predicted octanol–water partition coefficient (Wildman–Crippen LogP) is 2.12. The summed E-state index contributed by atoms with van der Waals surface area (Å²) >= 11 is 1.75. The molecule has 2 aliphatic rings. The van der Waals surface area contributed by atoms with E-state index in [0.717, 1.165) is 36.7 Å². The standard InChI is InChI=1S/C14H26N2O2S/c1-2-11-4-3-5-12(8-11)16-13(17)15-9-14(18)6-7-19-10-14/h11-12,18H,2-10H2,1H3,(H2,15,16,17)/t11-,12+,14-/m1/s1. The van der Waals surface area contributed by atoms with Crippen LogP contribution in [0.15, 0.2) is 0 Å². The zero-order chi connectivity index (χ0) is 13.7. The van der Waals surface area contributed by atoms with Gasteiger partial charge in [0, 0.05) is 18.3 Å². The van der Waals surface area contributed by atoms with Crippen LogP contribution in [0.4, 0.5) is 4.79 Å². The van der Waals surface area contributed by atoms with Crippen LogP contribution in [0.5, 0.6) is 0 Å². The Morgan fingerprint density at radius 2 is 2.32 bits per heavy atom. The van der Waals surface area contributed by atoms with E-state index in [1.165, 1.54) is 19.3 Å². The molecule has 1 heterocycles. The van der Waals surface area contributed by atoms with Crippen LogP contribution < -0.4 is 10.6 Å². The average Bonchev–Trinajstić information content (AvgIpc) is 2.84. The second kappa shape index (κ2) is 6.84. The van der Waals surface area contributed by atoms with E-state index >= 15 is 0 Å². The molecule has 5 heteroatoms. The van der Waals surface area contributed by atoms with Gasteiger partial charge in [0.05, 0.1) is 5.60 Å². The highest BCUT2D eigenvalue weighted by Crippen LogP contribution is 2.27. The van der Waals surface area contributed by atoms with E-state index in [4.69, 9.17) is 0 Å². The maximum absolute atomic E-state index is 11.9. The molecule has 2 rings (SSSR count). The van der Waals surface area contributed by atoms with Gasteiger partial charge in [-0.05, 0) is 30.9 Å². The molecule has 2 fully saturated rings. The third kappa shape index (κ3) is 4.56. The van der Waals surface area contributed by atoms with Crippen LogP contribution in [0.2, 0.25) is 0 Å². The summed E-state index contributed by atoms with van der Waals surface area (Å²) in [6.07, 6.45) is 6.68. The first kappa shape index (κ1) is 15.0. The molecule has 110 valence electrons. The Labute approximate surface area is 120 Å². The summed E-state index contributed by atoms with van der Waals surface area (Å²) in [7, 11) is 0. The molecule has 1 aliphatic heterocycles. The SMILES string of the molecule is CC[C@@H]1CCC[C@H](NC(=O)NC[C@]2(O)CCSC2)C1. The minimum atomic E-state index is -0.694.